The number of rotatable bonds is 15. The van der Waals surface area contributed by atoms with E-state index in [-0.39, 0.29) is 11.8 Å². The third-order valence-corrected chi connectivity index (χ3v) is 5.23. The first-order valence-electron chi connectivity index (χ1n) is 11.1. The van der Waals surface area contributed by atoms with E-state index in [1.807, 2.05) is 27.7 Å². The first-order chi connectivity index (χ1) is 13.4. The number of hydrogen-bond donors (Lipinski definition) is 5. The highest BCUT2D eigenvalue weighted by atomic mass is 16.4. The van der Waals surface area contributed by atoms with Crippen LogP contribution in [0.4, 0.5) is 0 Å². The third kappa shape index (κ3) is 11.6. The standard InChI is InChI=1S/C21H43BN2O5/c1-7-8-9-10-11-12-13-21(5,6)20(27)24-18(16(4)25)19(26)23-17(22(28)29)14-15(2)3/h15-18,25,28-29H,7-14H2,1-6H3,(H,23,26)(H,24,27)/t16-,17+,18+/m1/s1. The van der Waals surface area contributed by atoms with Crippen LogP contribution in [0.5, 0.6) is 0 Å². The van der Waals surface area contributed by atoms with Gasteiger partial charge in [0.25, 0.3) is 0 Å². The predicted octanol–water partition coefficient (Wildman–Crippen LogP) is 2.17. The van der Waals surface area contributed by atoms with Gasteiger partial charge in [-0.3, -0.25) is 9.59 Å². The zero-order valence-electron chi connectivity index (χ0n) is 19.2. The van der Waals surface area contributed by atoms with Crippen LogP contribution in [-0.4, -0.2) is 52.2 Å². The number of carbonyl (C=O) groups excluding carboxylic acids is 2. The van der Waals surface area contributed by atoms with Gasteiger partial charge in [-0.05, 0) is 25.7 Å². The van der Waals surface area contributed by atoms with Crippen molar-refractivity contribution in [3.63, 3.8) is 0 Å². The van der Waals surface area contributed by atoms with Crippen LogP contribution in [0, 0.1) is 11.3 Å². The number of nitrogens with one attached hydrogen (secondary N) is 2. The maximum absolute atomic E-state index is 12.7. The van der Waals surface area contributed by atoms with E-state index in [0.717, 1.165) is 19.3 Å². The Kier molecular flexibility index (Phi) is 13.5. The highest BCUT2D eigenvalue weighted by Gasteiger charge is 2.35. The van der Waals surface area contributed by atoms with Gasteiger partial charge in [-0.25, -0.2) is 0 Å². The smallest absolute Gasteiger partial charge is 0.426 e. The van der Waals surface area contributed by atoms with Gasteiger partial charge < -0.3 is 25.8 Å². The largest absolute Gasteiger partial charge is 0.475 e. The molecule has 3 atom stereocenters. The zero-order valence-corrected chi connectivity index (χ0v) is 19.2. The van der Waals surface area contributed by atoms with Crippen molar-refractivity contribution in [1.82, 2.24) is 10.6 Å². The van der Waals surface area contributed by atoms with Crippen LogP contribution >= 0.6 is 0 Å². The van der Waals surface area contributed by atoms with E-state index in [2.05, 4.69) is 17.6 Å². The topological polar surface area (TPSA) is 119 Å². The first-order valence-corrected chi connectivity index (χ1v) is 11.1. The highest BCUT2D eigenvalue weighted by Crippen LogP contribution is 2.25. The minimum absolute atomic E-state index is 0.137. The van der Waals surface area contributed by atoms with E-state index in [0.29, 0.717) is 12.8 Å². The Labute approximate surface area is 177 Å². The maximum Gasteiger partial charge on any atom is 0.475 e. The van der Waals surface area contributed by atoms with E-state index in [1.165, 1.54) is 26.2 Å². The van der Waals surface area contributed by atoms with Crippen LogP contribution in [0.2, 0.25) is 0 Å². The van der Waals surface area contributed by atoms with Gasteiger partial charge in [-0.2, -0.15) is 0 Å². The Morgan fingerprint density at radius 2 is 1.52 bits per heavy atom. The van der Waals surface area contributed by atoms with E-state index in [9.17, 15) is 24.7 Å². The molecular weight excluding hydrogens is 371 g/mol. The monoisotopic (exact) mass is 414 g/mol. The molecule has 0 spiro atoms. The maximum atomic E-state index is 12.7. The van der Waals surface area contributed by atoms with Crippen LogP contribution in [0.3, 0.4) is 0 Å². The fourth-order valence-corrected chi connectivity index (χ4v) is 3.24. The summed E-state index contributed by atoms with van der Waals surface area (Å²) >= 11 is 0. The molecule has 0 rings (SSSR count). The number of carbonyl (C=O) groups is 2. The van der Waals surface area contributed by atoms with Gasteiger partial charge in [0.05, 0.1) is 12.0 Å². The molecule has 0 bridgehead atoms. The van der Waals surface area contributed by atoms with Gasteiger partial charge in [-0.1, -0.05) is 73.1 Å². The van der Waals surface area contributed by atoms with Crippen LogP contribution < -0.4 is 10.6 Å². The summed E-state index contributed by atoms with van der Waals surface area (Å²) in [5.74, 6) is -1.64. The summed E-state index contributed by atoms with van der Waals surface area (Å²) < 4.78 is 0. The lowest BCUT2D eigenvalue weighted by Gasteiger charge is -2.29. The molecule has 0 aromatic carbocycles. The molecule has 0 heterocycles. The third-order valence-electron chi connectivity index (χ3n) is 5.23. The second-order valence-corrected chi connectivity index (χ2v) is 9.25. The van der Waals surface area contributed by atoms with Crippen LogP contribution in [-0.2, 0) is 9.59 Å². The van der Waals surface area contributed by atoms with Gasteiger partial charge >= 0.3 is 7.12 Å². The minimum Gasteiger partial charge on any atom is -0.426 e. The van der Waals surface area contributed by atoms with Crippen molar-refractivity contribution < 1.29 is 24.7 Å². The van der Waals surface area contributed by atoms with Gasteiger partial charge in [-0.15, -0.1) is 0 Å². The van der Waals surface area contributed by atoms with Crippen molar-refractivity contribution in [2.45, 2.75) is 111 Å². The molecule has 2 amide bonds. The molecule has 29 heavy (non-hydrogen) atoms. The molecule has 170 valence electrons. The molecule has 7 nitrogen and oxygen atoms in total. The van der Waals surface area contributed by atoms with Crippen LogP contribution in [0.15, 0.2) is 0 Å². The SMILES string of the molecule is CCCCCCCCC(C)(C)C(=O)N[C@H](C(=O)N[C@@H](CC(C)C)B(O)O)[C@@H](C)O. The minimum atomic E-state index is -1.71. The molecular formula is C21H43BN2O5. The molecule has 0 fully saturated rings. The molecule has 0 aromatic rings. The van der Waals surface area contributed by atoms with Gasteiger partial charge in [0.15, 0.2) is 0 Å². The Hall–Kier alpha value is -1.12. The van der Waals surface area contributed by atoms with E-state index in [4.69, 9.17) is 0 Å². The number of aliphatic hydroxyl groups is 1. The van der Waals surface area contributed by atoms with Crippen molar-refractivity contribution in [1.29, 1.82) is 0 Å². The molecule has 0 radical (unpaired) electrons. The fraction of sp³-hybridized carbons (Fsp3) is 0.905. The lowest BCUT2D eigenvalue weighted by atomic mass is 9.75. The highest BCUT2D eigenvalue weighted by molar-refractivity contribution is 6.43. The first kappa shape index (κ1) is 27.9. The normalized spacial score (nSPS) is 15.0. The summed E-state index contributed by atoms with van der Waals surface area (Å²) in [6.45, 7) is 11.1. The van der Waals surface area contributed by atoms with Crippen LogP contribution in [0.25, 0.3) is 0 Å². The summed E-state index contributed by atoms with van der Waals surface area (Å²) in [5.41, 5.74) is -0.661. The summed E-state index contributed by atoms with van der Waals surface area (Å²) in [7, 11) is -1.71. The van der Waals surface area contributed by atoms with Crippen LogP contribution in [0.1, 0.15) is 92.9 Å². The van der Waals surface area contributed by atoms with Crippen molar-refractivity contribution in [2.24, 2.45) is 11.3 Å². The molecule has 0 aliphatic rings. The Morgan fingerprint density at radius 3 is 2.00 bits per heavy atom. The summed E-state index contributed by atoms with van der Waals surface area (Å²) in [5, 5.41) is 34.2. The molecule has 5 N–H and O–H groups in total. The van der Waals surface area contributed by atoms with Gasteiger partial charge in [0, 0.05) is 5.41 Å². The average Bonchev–Trinajstić information content (AvgIpc) is 2.60. The van der Waals surface area contributed by atoms with Crippen molar-refractivity contribution in [3.05, 3.63) is 0 Å². The average molecular weight is 414 g/mol. The fourth-order valence-electron chi connectivity index (χ4n) is 3.24. The summed E-state index contributed by atoms with van der Waals surface area (Å²) in [4.78, 5) is 25.3. The number of hydrogen-bond acceptors (Lipinski definition) is 5. The van der Waals surface area contributed by atoms with Crippen molar-refractivity contribution >= 4 is 18.9 Å². The molecule has 0 aliphatic heterocycles. The van der Waals surface area contributed by atoms with E-state index >= 15 is 0 Å². The molecule has 0 aliphatic carbocycles. The quantitative estimate of drug-likeness (QED) is 0.208. The lowest BCUT2D eigenvalue weighted by Crippen LogP contribution is -2.58. The Morgan fingerprint density at radius 1 is 0.966 bits per heavy atom. The van der Waals surface area contributed by atoms with Gasteiger partial charge in [0.1, 0.15) is 6.04 Å². The zero-order chi connectivity index (χ0) is 22.6. The predicted molar refractivity (Wildman–Crippen MR) is 117 cm³/mol. The Bertz CT molecular complexity index is 484. The lowest BCUT2D eigenvalue weighted by molar-refractivity contribution is -0.136. The molecule has 0 saturated heterocycles. The van der Waals surface area contributed by atoms with E-state index < -0.39 is 36.5 Å². The molecule has 8 heteroatoms. The van der Waals surface area contributed by atoms with E-state index in [1.54, 1.807) is 0 Å². The summed E-state index contributed by atoms with van der Waals surface area (Å²) in [6.07, 6.45) is 6.76. The number of aliphatic hydroxyl groups excluding tert-OH is 1. The van der Waals surface area contributed by atoms with Crippen molar-refractivity contribution in [2.75, 3.05) is 0 Å². The molecule has 0 unspecified atom stereocenters. The Balaban J connectivity index is 4.82. The number of amides is 2. The summed E-state index contributed by atoms with van der Waals surface area (Å²) in [6, 6.07) is -1.15. The second-order valence-electron chi connectivity index (χ2n) is 9.25. The molecule has 0 aromatic heterocycles. The number of unbranched alkanes of at least 4 members (excludes halogenated alkanes) is 5. The van der Waals surface area contributed by atoms with Gasteiger partial charge in [0.2, 0.25) is 11.8 Å². The molecule has 0 saturated carbocycles. The van der Waals surface area contributed by atoms with Crippen molar-refractivity contribution in [3.8, 4) is 0 Å². The second kappa shape index (κ2) is 14.0.